The van der Waals surface area contributed by atoms with E-state index in [9.17, 15) is 10.2 Å². The van der Waals surface area contributed by atoms with Gasteiger partial charge in [0.05, 0.1) is 0 Å². The van der Waals surface area contributed by atoms with Crippen LogP contribution in [0.1, 0.15) is 19.4 Å². The molecule has 2 N–H and O–H groups in total. The van der Waals surface area contributed by atoms with Gasteiger partial charge in [0.2, 0.25) is 0 Å². The van der Waals surface area contributed by atoms with Crippen LogP contribution >= 0.6 is 11.3 Å². The third kappa shape index (κ3) is 4.96. The maximum atomic E-state index is 11.5. The first-order valence-corrected chi connectivity index (χ1v) is 17.1. The molecule has 4 radical (unpaired) electrons. The maximum absolute atomic E-state index is 11.5. The number of phenolic OH excluding ortho intramolecular Hbond substituents is 2. The predicted octanol–water partition coefficient (Wildman–Crippen LogP) is 10.3. The number of thiophene rings is 1. The molecule has 49 heavy (non-hydrogen) atoms. The lowest BCUT2D eigenvalue weighted by Crippen LogP contribution is -2.20. The van der Waals surface area contributed by atoms with Gasteiger partial charge in [-0.1, -0.05) is 127 Å². The molecule has 0 aliphatic carbocycles. The van der Waals surface area contributed by atoms with Crippen molar-refractivity contribution in [1.29, 1.82) is 0 Å². The minimum atomic E-state index is 0.0485. The number of hydrogen-bond acceptors (Lipinski definition) is 3. The number of hydrogen-bond donors (Lipinski definition) is 2. The second-order valence-corrected chi connectivity index (χ2v) is 13.4. The van der Waals surface area contributed by atoms with Crippen molar-refractivity contribution >= 4 is 85.2 Å². The molecule has 0 fully saturated rings. The number of allylic oxidation sites excluding steroid dienone is 4. The molecule has 8 rings (SSSR count). The van der Waals surface area contributed by atoms with Crippen molar-refractivity contribution in [2.24, 2.45) is 0 Å². The van der Waals surface area contributed by atoms with Crippen molar-refractivity contribution in [2.75, 3.05) is 0 Å². The van der Waals surface area contributed by atoms with Gasteiger partial charge in [-0.25, -0.2) is 0 Å². The van der Waals surface area contributed by atoms with Crippen LogP contribution in [0.3, 0.4) is 0 Å². The van der Waals surface area contributed by atoms with E-state index in [-0.39, 0.29) is 17.0 Å². The van der Waals surface area contributed by atoms with E-state index in [1.807, 2.05) is 67.6 Å². The molecule has 0 saturated carbocycles. The SMILES string of the molecule is [B]c1c(-c2ccc(-c3c4ccccc4c(-c4ccccc4)c4c(O)cccc34)cc2)c([B])c2sc3cc(/C(C)=C/C=C\C)ccc3c2c1O. The second kappa shape index (κ2) is 12.2. The van der Waals surface area contributed by atoms with E-state index < -0.39 is 0 Å². The molecular formula is C44H30B2O2S. The Morgan fingerprint density at radius 2 is 1.24 bits per heavy atom. The lowest BCUT2D eigenvalue weighted by atomic mass is 9.76. The first-order chi connectivity index (χ1) is 23.9. The number of fused-ring (bicyclic) bond motifs is 5. The minimum Gasteiger partial charge on any atom is -0.508 e. The Morgan fingerprint density at radius 1 is 0.612 bits per heavy atom. The molecule has 0 bridgehead atoms. The monoisotopic (exact) mass is 644 g/mol. The summed E-state index contributed by atoms with van der Waals surface area (Å²) in [6.45, 7) is 4.09. The average Bonchev–Trinajstić information content (AvgIpc) is 3.52. The highest BCUT2D eigenvalue weighted by Crippen LogP contribution is 2.47. The fourth-order valence-corrected chi connectivity index (χ4v) is 8.36. The number of benzene rings is 7. The van der Waals surface area contributed by atoms with Crippen LogP contribution in [0.4, 0.5) is 0 Å². The first kappa shape index (κ1) is 30.8. The minimum absolute atomic E-state index is 0.0485. The van der Waals surface area contributed by atoms with Gasteiger partial charge in [-0.05, 0) is 86.6 Å². The third-order valence-corrected chi connectivity index (χ3v) is 10.7. The van der Waals surface area contributed by atoms with Gasteiger partial charge in [0, 0.05) is 31.1 Å². The molecule has 1 aromatic heterocycles. The Bertz CT molecular complexity index is 2650. The van der Waals surface area contributed by atoms with Gasteiger partial charge in [0.25, 0.3) is 0 Å². The van der Waals surface area contributed by atoms with Crippen molar-refractivity contribution in [1.82, 2.24) is 0 Å². The van der Waals surface area contributed by atoms with Crippen molar-refractivity contribution in [3.05, 3.63) is 139 Å². The van der Waals surface area contributed by atoms with E-state index in [1.165, 1.54) is 0 Å². The van der Waals surface area contributed by atoms with E-state index in [2.05, 4.69) is 73.7 Å². The van der Waals surface area contributed by atoms with E-state index in [0.29, 0.717) is 16.4 Å². The molecule has 0 spiro atoms. The molecular weight excluding hydrogens is 614 g/mol. The standard InChI is InChI=1S/C44H30B2O2S/c1-3-4-11-25(2)29-22-23-32-35(24-29)49-44-40(32)43(48)41(45)38(42(44)46)28-20-18-27(19-21-28)36-30-14-8-9-15-31(30)37(26-12-6-5-7-13-26)39-33(36)16-10-17-34(39)47/h3-24,47-48H,1-2H3/b4-3-,25-11+. The zero-order chi connectivity index (χ0) is 33.8. The van der Waals surface area contributed by atoms with Gasteiger partial charge in [0.1, 0.15) is 27.2 Å². The zero-order valence-electron chi connectivity index (χ0n) is 27.2. The molecule has 230 valence electrons. The Morgan fingerprint density at radius 3 is 1.96 bits per heavy atom. The molecule has 0 saturated heterocycles. The second-order valence-electron chi connectivity index (χ2n) is 12.4. The Kier molecular flexibility index (Phi) is 7.66. The average molecular weight is 644 g/mol. The van der Waals surface area contributed by atoms with Crippen LogP contribution in [0, 0.1) is 0 Å². The van der Waals surface area contributed by atoms with Crippen molar-refractivity contribution < 1.29 is 10.2 Å². The summed E-state index contributed by atoms with van der Waals surface area (Å²) in [7, 11) is 13.6. The highest BCUT2D eigenvalue weighted by atomic mass is 32.1. The summed E-state index contributed by atoms with van der Waals surface area (Å²) in [6, 6.07) is 38.7. The smallest absolute Gasteiger partial charge is 0.124 e. The summed E-state index contributed by atoms with van der Waals surface area (Å²) in [5.41, 5.74) is 8.60. The number of aromatic hydroxyl groups is 2. The number of rotatable bonds is 5. The molecule has 0 aliphatic rings. The quantitative estimate of drug-likeness (QED) is 0.111. The summed E-state index contributed by atoms with van der Waals surface area (Å²) >= 11 is 1.57. The summed E-state index contributed by atoms with van der Waals surface area (Å²) in [4.78, 5) is 0. The highest BCUT2D eigenvalue weighted by molar-refractivity contribution is 7.27. The van der Waals surface area contributed by atoms with Gasteiger partial charge in [-0.2, -0.15) is 0 Å². The van der Waals surface area contributed by atoms with Crippen LogP contribution in [0.15, 0.2) is 133 Å². The largest absolute Gasteiger partial charge is 0.508 e. The Balaban J connectivity index is 1.30. The molecule has 7 aromatic carbocycles. The fraction of sp³-hybridized carbons (Fsp3) is 0.0455. The third-order valence-electron chi connectivity index (χ3n) is 9.51. The van der Waals surface area contributed by atoms with E-state index in [4.69, 9.17) is 15.7 Å². The Labute approximate surface area is 292 Å². The van der Waals surface area contributed by atoms with Gasteiger partial charge < -0.3 is 10.2 Å². The van der Waals surface area contributed by atoms with Crippen molar-refractivity contribution in [3.63, 3.8) is 0 Å². The van der Waals surface area contributed by atoms with Crippen LogP contribution in [0.5, 0.6) is 11.5 Å². The normalized spacial score (nSPS) is 12.2. The predicted molar refractivity (Wildman–Crippen MR) is 213 cm³/mol. The molecule has 0 amide bonds. The summed E-state index contributed by atoms with van der Waals surface area (Å²) in [6.07, 6.45) is 6.13. The van der Waals surface area contributed by atoms with Gasteiger partial charge >= 0.3 is 0 Å². The van der Waals surface area contributed by atoms with Gasteiger partial charge in [-0.15, -0.1) is 11.3 Å². The van der Waals surface area contributed by atoms with E-state index >= 15 is 0 Å². The van der Waals surface area contributed by atoms with E-state index in [1.54, 1.807) is 17.4 Å². The highest BCUT2D eigenvalue weighted by Gasteiger charge is 2.21. The van der Waals surface area contributed by atoms with Crippen molar-refractivity contribution in [2.45, 2.75) is 13.8 Å². The topological polar surface area (TPSA) is 40.5 Å². The molecule has 8 aromatic rings. The van der Waals surface area contributed by atoms with E-state index in [0.717, 1.165) is 75.3 Å². The van der Waals surface area contributed by atoms with Crippen LogP contribution in [-0.2, 0) is 0 Å². The summed E-state index contributed by atoms with van der Waals surface area (Å²) in [5, 5.41) is 28.3. The fourth-order valence-electron chi connectivity index (χ4n) is 7.16. The molecule has 1 heterocycles. The number of phenols is 2. The van der Waals surface area contributed by atoms with Crippen LogP contribution in [0.25, 0.3) is 80.7 Å². The Hall–Kier alpha value is -5.51. The molecule has 0 aliphatic heterocycles. The van der Waals surface area contributed by atoms with Crippen LogP contribution < -0.4 is 10.9 Å². The lowest BCUT2D eigenvalue weighted by Gasteiger charge is -2.19. The van der Waals surface area contributed by atoms with Crippen molar-refractivity contribution in [3.8, 4) is 44.9 Å². The lowest BCUT2D eigenvalue weighted by molar-refractivity contribution is 0.482. The summed E-state index contributed by atoms with van der Waals surface area (Å²) < 4.78 is 1.85. The van der Waals surface area contributed by atoms with Gasteiger partial charge in [-0.3, -0.25) is 0 Å². The molecule has 0 unspecified atom stereocenters. The zero-order valence-corrected chi connectivity index (χ0v) is 28.0. The van der Waals surface area contributed by atoms with Gasteiger partial charge in [0.15, 0.2) is 0 Å². The molecule has 0 atom stereocenters. The maximum Gasteiger partial charge on any atom is 0.124 e. The van der Waals surface area contributed by atoms with Crippen LogP contribution in [0.2, 0.25) is 0 Å². The molecule has 5 heteroatoms. The summed E-state index contributed by atoms with van der Waals surface area (Å²) in [5.74, 6) is 0.288. The van der Waals surface area contributed by atoms with Crippen LogP contribution in [-0.4, -0.2) is 25.9 Å². The first-order valence-electron chi connectivity index (χ1n) is 16.3. The molecule has 2 nitrogen and oxygen atoms in total.